The minimum atomic E-state index is 0.144. The summed E-state index contributed by atoms with van der Waals surface area (Å²) < 4.78 is 0. The maximum atomic E-state index is 12.4. The van der Waals surface area contributed by atoms with E-state index < -0.39 is 0 Å². The van der Waals surface area contributed by atoms with Crippen molar-refractivity contribution in [2.45, 2.75) is 44.7 Å². The van der Waals surface area contributed by atoms with Gasteiger partial charge in [-0.25, -0.2) is 0 Å². The molecule has 0 aromatic carbocycles. The van der Waals surface area contributed by atoms with Crippen molar-refractivity contribution in [1.82, 2.24) is 4.90 Å². The van der Waals surface area contributed by atoms with E-state index in [1.165, 1.54) is 16.9 Å². The summed E-state index contributed by atoms with van der Waals surface area (Å²) in [6.45, 7) is 2.86. The van der Waals surface area contributed by atoms with E-state index >= 15 is 0 Å². The fourth-order valence-corrected chi connectivity index (χ4v) is 4.04. The molecule has 2 N–H and O–H groups in total. The van der Waals surface area contributed by atoms with E-state index in [0.717, 1.165) is 30.7 Å². The number of hydrogen-bond acceptors (Lipinski definition) is 3. The quantitative estimate of drug-likeness (QED) is 0.826. The normalized spacial score (nSPS) is 27.5. The Balaban J connectivity index is 1.82. The van der Waals surface area contributed by atoms with Crippen molar-refractivity contribution in [3.8, 4) is 0 Å². The van der Waals surface area contributed by atoms with E-state index in [9.17, 15) is 4.79 Å². The third-order valence-corrected chi connectivity index (χ3v) is 5.26. The summed E-state index contributed by atoms with van der Waals surface area (Å²) in [6.07, 6.45) is 4.48. The predicted molar refractivity (Wildman–Crippen MR) is 69.4 cm³/mol. The van der Waals surface area contributed by atoms with E-state index in [1.807, 2.05) is 4.90 Å². The molecule has 2 aliphatic rings. The topological polar surface area (TPSA) is 46.3 Å². The van der Waals surface area contributed by atoms with Gasteiger partial charge in [0.2, 0.25) is 0 Å². The highest BCUT2D eigenvalue weighted by atomic mass is 32.1. The molecule has 2 atom stereocenters. The average molecular weight is 250 g/mol. The fraction of sp³-hybridized carbons (Fsp3) is 0.615. The first kappa shape index (κ1) is 11.2. The molecule has 1 aliphatic heterocycles. The second-order valence-corrected chi connectivity index (χ2v) is 6.24. The van der Waals surface area contributed by atoms with E-state index in [0.29, 0.717) is 0 Å². The highest BCUT2D eigenvalue weighted by Gasteiger charge is 2.33. The van der Waals surface area contributed by atoms with Crippen LogP contribution in [0.5, 0.6) is 0 Å². The van der Waals surface area contributed by atoms with Crippen LogP contribution in [-0.4, -0.2) is 29.4 Å². The van der Waals surface area contributed by atoms with Crippen LogP contribution in [0.4, 0.5) is 0 Å². The Morgan fingerprint density at radius 2 is 2.35 bits per heavy atom. The first-order valence-electron chi connectivity index (χ1n) is 6.35. The van der Waals surface area contributed by atoms with Crippen molar-refractivity contribution in [2.75, 3.05) is 6.54 Å². The summed E-state index contributed by atoms with van der Waals surface area (Å²) in [5.41, 5.74) is 7.36. The zero-order valence-corrected chi connectivity index (χ0v) is 10.9. The zero-order chi connectivity index (χ0) is 12.0. The Morgan fingerprint density at radius 3 is 3.00 bits per heavy atom. The fourth-order valence-electron chi connectivity index (χ4n) is 2.83. The van der Waals surface area contributed by atoms with Crippen LogP contribution in [0.15, 0.2) is 6.07 Å². The molecule has 3 nitrogen and oxygen atoms in total. The van der Waals surface area contributed by atoms with Gasteiger partial charge in [-0.05, 0) is 44.2 Å². The number of hydrogen-bond donors (Lipinski definition) is 1. The average Bonchev–Trinajstić information content (AvgIpc) is 2.94. The molecule has 0 saturated carbocycles. The van der Waals surface area contributed by atoms with E-state index in [-0.39, 0.29) is 18.0 Å². The van der Waals surface area contributed by atoms with Gasteiger partial charge in [0.15, 0.2) is 0 Å². The van der Waals surface area contributed by atoms with Gasteiger partial charge in [-0.3, -0.25) is 4.79 Å². The SMILES string of the molecule is CC1C(N)CCN1C(=O)c1cc2c(s1)CCC2. The molecular formula is C13H18N2OS. The van der Waals surface area contributed by atoms with Gasteiger partial charge in [-0.15, -0.1) is 11.3 Å². The standard InChI is InChI=1S/C13H18N2OS/c1-8-10(14)5-6-15(8)13(16)12-7-9-3-2-4-11(9)17-12/h7-8,10H,2-6,14H2,1H3. The highest BCUT2D eigenvalue weighted by molar-refractivity contribution is 7.14. The monoisotopic (exact) mass is 250 g/mol. The molecule has 17 heavy (non-hydrogen) atoms. The predicted octanol–water partition coefficient (Wildman–Crippen LogP) is 1.80. The van der Waals surface area contributed by atoms with Gasteiger partial charge < -0.3 is 10.6 Å². The number of carbonyl (C=O) groups excluding carboxylic acids is 1. The second-order valence-electron chi connectivity index (χ2n) is 5.10. The summed E-state index contributed by atoms with van der Waals surface area (Å²) in [7, 11) is 0. The molecule has 0 spiro atoms. The van der Waals surface area contributed by atoms with Crippen molar-refractivity contribution >= 4 is 17.2 Å². The molecule has 0 bridgehead atoms. The van der Waals surface area contributed by atoms with Crippen LogP contribution in [0.1, 0.15) is 39.9 Å². The van der Waals surface area contributed by atoms with Crippen LogP contribution >= 0.6 is 11.3 Å². The maximum absolute atomic E-state index is 12.4. The van der Waals surface area contributed by atoms with E-state index in [4.69, 9.17) is 5.73 Å². The summed E-state index contributed by atoms with van der Waals surface area (Å²) in [4.78, 5) is 16.7. The second kappa shape index (κ2) is 4.10. The molecular weight excluding hydrogens is 232 g/mol. The Kier molecular flexibility index (Phi) is 2.71. The van der Waals surface area contributed by atoms with Gasteiger partial charge in [-0.1, -0.05) is 0 Å². The van der Waals surface area contributed by atoms with E-state index in [2.05, 4.69) is 13.0 Å². The summed E-state index contributed by atoms with van der Waals surface area (Å²) in [5.74, 6) is 0.185. The minimum absolute atomic E-state index is 0.144. The first-order valence-corrected chi connectivity index (χ1v) is 7.16. The number of carbonyl (C=O) groups is 1. The molecule has 2 unspecified atom stereocenters. The molecule has 92 valence electrons. The Morgan fingerprint density at radius 1 is 1.53 bits per heavy atom. The molecule has 1 aromatic heterocycles. The number of likely N-dealkylation sites (tertiary alicyclic amines) is 1. The molecule has 1 aromatic rings. The van der Waals surface area contributed by atoms with Crippen molar-refractivity contribution in [3.63, 3.8) is 0 Å². The molecule has 1 fully saturated rings. The zero-order valence-electron chi connectivity index (χ0n) is 10.1. The number of rotatable bonds is 1. The lowest BCUT2D eigenvalue weighted by molar-refractivity contribution is 0.0747. The number of nitrogens with two attached hydrogens (primary N) is 1. The van der Waals surface area contributed by atoms with Crippen LogP contribution in [0.3, 0.4) is 0 Å². The lowest BCUT2D eigenvalue weighted by Crippen LogP contribution is -2.40. The third kappa shape index (κ3) is 1.79. The van der Waals surface area contributed by atoms with Crippen LogP contribution < -0.4 is 5.73 Å². The lowest BCUT2D eigenvalue weighted by atomic mass is 10.1. The van der Waals surface area contributed by atoms with Crippen molar-refractivity contribution < 1.29 is 4.79 Å². The Bertz CT molecular complexity index is 433. The van der Waals surface area contributed by atoms with Gasteiger partial charge >= 0.3 is 0 Å². The van der Waals surface area contributed by atoms with Gasteiger partial charge in [0.05, 0.1) is 4.88 Å². The number of aryl methyl sites for hydroxylation is 2. The summed E-state index contributed by atoms with van der Waals surface area (Å²) in [5, 5.41) is 0. The smallest absolute Gasteiger partial charge is 0.264 e. The van der Waals surface area contributed by atoms with Gasteiger partial charge in [0.1, 0.15) is 0 Å². The Labute approximate surface area is 106 Å². The highest BCUT2D eigenvalue weighted by Crippen LogP contribution is 2.32. The molecule has 2 heterocycles. The molecule has 4 heteroatoms. The van der Waals surface area contributed by atoms with Crippen molar-refractivity contribution in [1.29, 1.82) is 0 Å². The van der Waals surface area contributed by atoms with Gasteiger partial charge in [0, 0.05) is 23.5 Å². The van der Waals surface area contributed by atoms with Gasteiger partial charge in [0.25, 0.3) is 5.91 Å². The largest absolute Gasteiger partial charge is 0.334 e. The van der Waals surface area contributed by atoms with Crippen LogP contribution in [-0.2, 0) is 12.8 Å². The number of thiophene rings is 1. The van der Waals surface area contributed by atoms with Gasteiger partial charge in [-0.2, -0.15) is 0 Å². The van der Waals surface area contributed by atoms with Crippen LogP contribution in [0.2, 0.25) is 0 Å². The summed E-state index contributed by atoms with van der Waals surface area (Å²) >= 11 is 1.69. The van der Waals surface area contributed by atoms with Crippen LogP contribution in [0.25, 0.3) is 0 Å². The molecule has 1 saturated heterocycles. The summed E-state index contributed by atoms with van der Waals surface area (Å²) in [6, 6.07) is 2.43. The van der Waals surface area contributed by atoms with Crippen molar-refractivity contribution in [2.24, 2.45) is 5.73 Å². The molecule has 1 aliphatic carbocycles. The number of fused-ring (bicyclic) bond motifs is 1. The lowest BCUT2D eigenvalue weighted by Gasteiger charge is -2.22. The van der Waals surface area contributed by atoms with Crippen molar-refractivity contribution in [3.05, 3.63) is 21.4 Å². The minimum Gasteiger partial charge on any atom is -0.334 e. The molecule has 0 radical (unpaired) electrons. The maximum Gasteiger partial charge on any atom is 0.264 e. The van der Waals surface area contributed by atoms with E-state index in [1.54, 1.807) is 11.3 Å². The first-order chi connectivity index (χ1) is 8.16. The third-order valence-electron chi connectivity index (χ3n) is 4.03. The molecule has 3 rings (SSSR count). The van der Waals surface area contributed by atoms with Crippen LogP contribution in [0, 0.1) is 0 Å². The number of nitrogens with zero attached hydrogens (tertiary/aromatic N) is 1. The molecule has 1 amide bonds. The Hall–Kier alpha value is -0.870. The number of amides is 1.